The lowest BCUT2D eigenvalue weighted by Gasteiger charge is -2.24. The van der Waals surface area contributed by atoms with Gasteiger partial charge in [-0.05, 0) is 56.6 Å². The van der Waals surface area contributed by atoms with Crippen LogP contribution in [0.5, 0.6) is 0 Å². The molecule has 0 radical (unpaired) electrons. The Morgan fingerprint density at radius 3 is 2.74 bits per heavy atom. The third-order valence-electron chi connectivity index (χ3n) is 5.00. The van der Waals surface area contributed by atoms with Crippen molar-refractivity contribution in [2.24, 2.45) is 17.8 Å². The van der Waals surface area contributed by atoms with Crippen LogP contribution in [0.2, 0.25) is 0 Å². The molecule has 0 saturated heterocycles. The predicted octanol–water partition coefficient (Wildman–Crippen LogP) is 4.05. The number of halogens is 2. The van der Waals surface area contributed by atoms with Crippen LogP contribution in [0.25, 0.3) is 0 Å². The summed E-state index contributed by atoms with van der Waals surface area (Å²) in [4.78, 5) is 0. The molecule has 1 N–H and O–H groups in total. The Hall–Kier alpha value is -0.960. The van der Waals surface area contributed by atoms with Gasteiger partial charge in [0.15, 0.2) is 0 Å². The zero-order valence-electron chi connectivity index (χ0n) is 11.3. The Morgan fingerprint density at radius 1 is 1.26 bits per heavy atom. The molecular formula is C16H21F2N. The highest BCUT2D eigenvalue weighted by atomic mass is 19.1. The van der Waals surface area contributed by atoms with Gasteiger partial charge in [0.25, 0.3) is 0 Å². The summed E-state index contributed by atoms with van der Waals surface area (Å²) in [6, 6.07) is 3.78. The summed E-state index contributed by atoms with van der Waals surface area (Å²) < 4.78 is 26.6. The van der Waals surface area contributed by atoms with Crippen molar-refractivity contribution >= 4 is 0 Å². The van der Waals surface area contributed by atoms with E-state index in [-0.39, 0.29) is 6.04 Å². The standard InChI is InChI=1S/C16H21F2N/c1-10(15-5-4-14(17)8-16(15)18)19-9-13-7-11-2-3-12(13)6-11/h4-5,8,10-13,19H,2-3,6-7,9H2,1H3. The lowest BCUT2D eigenvalue weighted by atomic mass is 9.88. The largest absolute Gasteiger partial charge is 0.310 e. The van der Waals surface area contributed by atoms with Crippen LogP contribution in [-0.4, -0.2) is 6.54 Å². The van der Waals surface area contributed by atoms with Gasteiger partial charge < -0.3 is 5.32 Å². The molecule has 0 heterocycles. The van der Waals surface area contributed by atoms with Gasteiger partial charge in [-0.3, -0.25) is 0 Å². The topological polar surface area (TPSA) is 12.0 Å². The van der Waals surface area contributed by atoms with Crippen molar-refractivity contribution in [1.29, 1.82) is 0 Å². The third kappa shape index (κ3) is 2.66. The minimum Gasteiger partial charge on any atom is -0.310 e. The predicted molar refractivity (Wildman–Crippen MR) is 71.7 cm³/mol. The number of rotatable bonds is 4. The minimum atomic E-state index is -0.512. The number of hydrogen-bond donors (Lipinski definition) is 1. The Kier molecular flexibility index (Phi) is 3.57. The molecule has 2 bridgehead atoms. The molecule has 1 nitrogen and oxygen atoms in total. The van der Waals surface area contributed by atoms with Gasteiger partial charge in [-0.1, -0.05) is 12.5 Å². The molecule has 2 aliphatic rings. The van der Waals surface area contributed by atoms with Crippen molar-refractivity contribution in [3.05, 3.63) is 35.4 Å². The van der Waals surface area contributed by atoms with E-state index in [0.29, 0.717) is 5.56 Å². The zero-order chi connectivity index (χ0) is 13.4. The smallest absolute Gasteiger partial charge is 0.130 e. The first-order valence-corrected chi connectivity index (χ1v) is 7.32. The highest BCUT2D eigenvalue weighted by Crippen LogP contribution is 2.48. The van der Waals surface area contributed by atoms with Crippen LogP contribution in [0.4, 0.5) is 8.78 Å². The van der Waals surface area contributed by atoms with E-state index in [2.05, 4.69) is 5.32 Å². The molecule has 1 aromatic carbocycles. The van der Waals surface area contributed by atoms with Crippen molar-refractivity contribution in [1.82, 2.24) is 5.32 Å². The second kappa shape index (κ2) is 5.20. The van der Waals surface area contributed by atoms with Gasteiger partial charge in [-0.15, -0.1) is 0 Å². The van der Waals surface area contributed by atoms with E-state index >= 15 is 0 Å². The molecule has 3 heteroatoms. The molecule has 0 aromatic heterocycles. The Balaban J connectivity index is 1.57. The lowest BCUT2D eigenvalue weighted by molar-refractivity contribution is 0.308. The van der Waals surface area contributed by atoms with E-state index in [0.717, 1.165) is 30.4 Å². The van der Waals surface area contributed by atoms with Crippen LogP contribution >= 0.6 is 0 Å². The van der Waals surface area contributed by atoms with Gasteiger partial charge in [-0.25, -0.2) is 8.78 Å². The molecule has 1 aromatic rings. The highest BCUT2D eigenvalue weighted by Gasteiger charge is 2.39. The van der Waals surface area contributed by atoms with Gasteiger partial charge >= 0.3 is 0 Å². The first-order chi connectivity index (χ1) is 9.13. The Bertz CT molecular complexity index is 460. The molecule has 2 saturated carbocycles. The van der Waals surface area contributed by atoms with Crippen molar-refractivity contribution in [3.63, 3.8) is 0 Å². The molecule has 2 aliphatic carbocycles. The minimum absolute atomic E-state index is 0.0558. The van der Waals surface area contributed by atoms with Crippen molar-refractivity contribution in [3.8, 4) is 0 Å². The second-order valence-corrected chi connectivity index (χ2v) is 6.23. The maximum atomic E-state index is 13.7. The first kappa shape index (κ1) is 13.0. The fourth-order valence-corrected chi connectivity index (χ4v) is 3.92. The van der Waals surface area contributed by atoms with Crippen molar-refractivity contribution in [2.75, 3.05) is 6.54 Å². The Labute approximate surface area is 113 Å². The van der Waals surface area contributed by atoms with E-state index in [1.807, 2.05) is 6.92 Å². The quantitative estimate of drug-likeness (QED) is 0.866. The maximum absolute atomic E-state index is 13.7. The van der Waals surface area contributed by atoms with Gasteiger partial charge in [0.2, 0.25) is 0 Å². The molecule has 0 amide bonds. The van der Waals surface area contributed by atoms with Crippen LogP contribution in [0.15, 0.2) is 18.2 Å². The Morgan fingerprint density at radius 2 is 2.11 bits per heavy atom. The molecule has 3 rings (SSSR count). The second-order valence-electron chi connectivity index (χ2n) is 6.23. The van der Waals surface area contributed by atoms with Gasteiger partial charge in [0.05, 0.1) is 0 Å². The van der Waals surface area contributed by atoms with Crippen LogP contribution in [0.3, 0.4) is 0 Å². The van der Waals surface area contributed by atoms with E-state index in [9.17, 15) is 8.78 Å². The SMILES string of the molecule is CC(NCC1CC2CCC1C2)c1ccc(F)cc1F. The van der Waals surface area contributed by atoms with E-state index < -0.39 is 11.6 Å². The number of hydrogen-bond acceptors (Lipinski definition) is 1. The van der Waals surface area contributed by atoms with Gasteiger partial charge in [0.1, 0.15) is 11.6 Å². The van der Waals surface area contributed by atoms with Crippen molar-refractivity contribution in [2.45, 2.75) is 38.6 Å². The highest BCUT2D eigenvalue weighted by molar-refractivity contribution is 5.21. The van der Waals surface area contributed by atoms with E-state index in [1.165, 1.54) is 31.7 Å². The van der Waals surface area contributed by atoms with Gasteiger partial charge in [0, 0.05) is 17.7 Å². The summed E-state index contributed by atoms with van der Waals surface area (Å²) in [6.07, 6.45) is 5.50. The van der Waals surface area contributed by atoms with E-state index in [4.69, 9.17) is 0 Å². The zero-order valence-corrected chi connectivity index (χ0v) is 11.3. The summed E-state index contributed by atoms with van der Waals surface area (Å²) in [5.74, 6) is 1.61. The summed E-state index contributed by atoms with van der Waals surface area (Å²) >= 11 is 0. The average molecular weight is 265 g/mol. The third-order valence-corrected chi connectivity index (χ3v) is 5.00. The van der Waals surface area contributed by atoms with Gasteiger partial charge in [-0.2, -0.15) is 0 Å². The van der Waals surface area contributed by atoms with Crippen LogP contribution < -0.4 is 5.32 Å². The molecule has 0 spiro atoms. The average Bonchev–Trinajstić information content (AvgIpc) is 2.98. The maximum Gasteiger partial charge on any atom is 0.130 e. The summed E-state index contributed by atoms with van der Waals surface area (Å²) in [6.45, 7) is 2.91. The molecule has 104 valence electrons. The number of nitrogens with one attached hydrogen (secondary N) is 1. The summed E-state index contributed by atoms with van der Waals surface area (Å²) in [5.41, 5.74) is 0.560. The van der Waals surface area contributed by atoms with Crippen LogP contribution in [0, 0.1) is 29.4 Å². The molecule has 2 fully saturated rings. The lowest BCUT2D eigenvalue weighted by Crippen LogP contribution is -2.29. The van der Waals surface area contributed by atoms with Crippen LogP contribution in [0.1, 0.15) is 44.2 Å². The number of benzene rings is 1. The fourth-order valence-electron chi connectivity index (χ4n) is 3.92. The molecule has 19 heavy (non-hydrogen) atoms. The van der Waals surface area contributed by atoms with E-state index in [1.54, 1.807) is 6.07 Å². The molecule has 4 unspecified atom stereocenters. The summed E-state index contributed by atoms with van der Waals surface area (Å²) in [5, 5.41) is 3.42. The number of fused-ring (bicyclic) bond motifs is 2. The summed E-state index contributed by atoms with van der Waals surface area (Å²) in [7, 11) is 0. The molecular weight excluding hydrogens is 244 g/mol. The molecule has 0 aliphatic heterocycles. The fraction of sp³-hybridized carbons (Fsp3) is 0.625. The monoisotopic (exact) mass is 265 g/mol. The molecule has 4 atom stereocenters. The van der Waals surface area contributed by atoms with Crippen LogP contribution in [-0.2, 0) is 0 Å². The normalized spacial score (nSPS) is 30.8. The first-order valence-electron chi connectivity index (χ1n) is 7.32. The van der Waals surface area contributed by atoms with Crippen molar-refractivity contribution < 1.29 is 8.78 Å².